The van der Waals surface area contributed by atoms with Gasteiger partial charge in [0.2, 0.25) is 0 Å². The Balaban J connectivity index is 1.79. The van der Waals surface area contributed by atoms with Gasteiger partial charge in [-0.05, 0) is 43.2 Å². The van der Waals surface area contributed by atoms with Crippen LogP contribution in [0.5, 0.6) is 0 Å². The molecule has 0 bridgehead atoms. The summed E-state index contributed by atoms with van der Waals surface area (Å²) < 4.78 is 12.9. The van der Waals surface area contributed by atoms with E-state index in [1.807, 2.05) is 0 Å². The van der Waals surface area contributed by atoms with Crippen LogP contribution in [0, 0.1) is 23.6 Å². The van der Waals surface area contributed by atoms with Crippen LogP contribution in [0.3, 0.4) is 0 Å². The van der Waals surface area contributed by atoms with Gasteiger partial charge in [-0.3, -0.25) is 4.79 Å². The van der Waals surface area contributed by atoms with E-state index in [9.17, 15) is 9.18 Å². The van der Waals surface area contributed by atoms with Crippen LogP contribution < -0.4 is 0 Å². The molecule has 0 aliphatic heterocycles. The predicted octanol–water partition coefficient (Wildman–Crippen LogP) is 3.05. The first-order chi connectivity index (χ1) is 7.24. The highest BCUT2D eigenvalue weighted by Crippen LogP contribution is 2.54. The minimum absolute atomic E-state index is 0.140. The summed E-state index contributed by atoms with van der Waals surface area (Å²) in [5.41, 5.74) is 0.543. The number of hydrogen-bond donors (Lipinski definition) is 0. The minimum Gasteiger partial charge on any atom is -0.294 e. The molecular formula is C13H13FO. The predicted molar refractivity (Wildman–Crippen MR) is 55.1 cm³/mol. The van der Waals surface area contributed by atoms with Gasteiger partial charge in [0.25, 0.3) is 0 Å². The number of Topliss-reactive ketones (excluding diaryl/α,β-unsaturated/α-hetero) is 1. The van der Waals surface area contributed by atoms with E-state index in [1.54, 1.807) is 12.1 Å². The number of carbonyl (C=O) groups excluding carboxylic acids is 1. The lowest BCUT2D eigenvalue weighted by molar-refractivity contribution is 0.0914. The van der Waals surface area contributed by atoms with Gasteiger partial charge in [-0.1, -0.05) is 12.1 Å². The molecule has 0 aromatic heterocycles. The van der Waals surface area contributed by atoms with Gasteiger partial charge in [0, 0.05) is 11.5 Å². The molecule has 78 valence electrons. The molecule has 2 fully saturated rings. The Morgan fingerprint density at radius 3 is 2.60 bits per heavy atom. The third-order valence-corrected chi connectivity index (χ3v) is 3.72. The van der Waals surface area contributed by atoms with Crippen molar-refractivity contribution in [2.75, 3.05) is 0 Å². The molecule has 0 saturated heterocycles. The molecule has 0 radical (unpaired) electrons. The first-order valence-corrected chi connectivity index (χ1v) is 5.54. The standard InChI is InChI=1S/C13H13FO/c14-12-3-1-2-8(7-12)13(15)11-5-9-4-10(9)6-11/h1-3,7,9-11H,4-6H2. The van der Waals surface area contributed by atoms with Crippen LogP contribution >= 0.6 is 0 Å². The molecule has 2 atom stereocenters. The molecule has 0 spiro atoms. The van der Waals surface area contributed by atoms with Crippen molar-refractivity contribution in [3.63, 3.8) is 0 Å². The zero-order valence-corrected chi connectivity index (χ0v) is 8.45. The Morgan fingerprint density at radius 1 is 1.20 bits per heavy atom. The molecule has 2 heteroatoms. The Kier molecular flexibility index (Phi) is 1.91. The fourth-order valence-corrected chi connectivity index (χ4v) is 2.81. The Hall–Kier alpha value is -1.18. The van der Waals surface area contributed by atoms with Crippen molar-refractivity contribution in [2.24, 2.45) is 17.8 Å². The van der Waals surface area contributed by atoms with Crippen molar-refractivity contribution in [1.29, 1.82) is 0 Å². The molecule has 15 heavy (non-hydrogen) atoms. The van der Waals surface area contributed by atoms with Gasteiger partial charge in [0.15, 0.2) is 5.78 Å². The summed E-state index contributed by atoms with van der Waals surface area (Å²) in [6, 6.07) is 6.06. The van der Waals surface area contributed by atoms with Crippen LogP contribution in [0.1, 0.15) is 29.6 Å². The smallest absolute Gasteiger partial charge is 0.166 e. The average Bonchev–Trinajstić information content (AvgIpc) is 2.85. The highest BCUT2D eigenvalue weighted by Gasteiger charge is 2.47. The molecule has 0 N–H and O–H groups in total. The Bertz CT molecular complexity index is 403. The van der Waals surface area contributed by atoms with Crippen molar-refractivity contribution in [2.45, 2.75) is 19.3 Å². The van der Waals surface area contributed by atoms with Gasteiger partial charge in [-0.15, -0.1) is 0 Å². The van der Waals surface area contributed by atoms with Crippen molar-refractivity contribution >= 4 is 5.78 Å². The zero-order chi connectivity index (χ0) is 10.4. The van der Waals surface area contributed by atoms with Crippen molar-refractivity contribution in [3.8, 4) is 0 Å². The normalized spacial score (nSPS) is 32.5. The van der Waals surface area contributed by atoms with Gasteiger partial charge in [-0.25, -0.2) is 4.39 Å². The minimum atomic E-state index is -0.316. The summed E-state index contributed by atoms with van der Waals surface area (Å²) in [4.78, 5) is 12.0. The molecule has 2 aliphatic rings. The van der Waals surface area contributed by atoms with Crippen LogP contribution in [0.4, 0.5) is 4.39 Å². The number of rotatable bonds is 2. The summed E-state index contributed by atoms with van der Waals surface area (Å²) in [5.74, 6) is 1.58. The van der Waals surface area contributed by atoms with Gasteiger partial charge in [0.05, 0.1) is 0 Å². The van der Waals surface area contributed by atoms with E-state index in [0.29, 0.717) is 5.56 Å². The number of hydrogen-bond acceptors (Lipinski definition) is 1. The molecule has 2 unspecified atom stereocenters. The lowest BCUT2D eigenvalue weighted by atomic mass is 9.93. The monoisotopic (exact) mass is 204 g/mol. The van der Waals surface area contributed by atoms with Gasteiger partial charge >= 0.3 is 0 Å². The largest absolute Gasteiger partial charge is 0.294 e. The molecule has 1 nitrogen and oxygen atoms in total. The molecule has 1 aromatic rings. The highest BCUT2D eigenvalue weighted by atomic mass is 19.1. The van der Waals surface area contributed by atoms with Crippen LogP contribution in [-0.2, 0) is 0 Å². The maximum absolute atomic E-state index is 12.9. The first kappa shape index (κ1) is 9.08. The third-order valence-electron chi connectivity index (χ3n) is 3.72. The summed E-state index contributed by atoms with van der Waals surface area (Å²) in [6.07, 6.45) is 3.37. The van der Waals surface area contributed by atoms with Crippen molar-refractivity contribution in [1.82, 2.24) is 0 Å². The fraction of sp³-hybridized carbons (Fsp3) is 0.462. The maximum atomic E-state index is 12.9. The van der Waals surface area contributed by atoms with Crippen molar-refractivity contribution < 1.29 is 9.18 Å². The van der Waals surface area contributed by atoms with E-state index in [1.165, 1.54) is 18.6 Å². The zero-order valence-electron chi connectivity index (χ0n) is 8.45. The lowest BCUT2D eigenvalue weighted by Crippen LogP contribution is -2.13. The maximum Gasteiger partial charge on any atom is 0.166 e. The lowest BCUT2D eigenvalue weighted by Gasteiger charge is -2.10. The number of benzene rings is 1. The molecule has 0 heterocycles. The van der Waals surface area contributed by atoms with E-state index >= 15 is 0 Å². The highest BCUT2D eigenvalue weighted by molar-refractivity contribution is 5.98. The third kappa shape index (κ3) is 1.58. The summed E-state index contributed by atoms with van der Waals surface area (Å²) >= 11 is 0. The van der Waals surface area contributed by atoms with Crippen LogP contribution in [0.15, 0.2) is 24.3 Å². The van der Waals surface area contributed by atoms with Gasteiger partial charge in [-0.2, -0.15) is 0 Å². The van der Waals surface area contributed by atoms with Crippen molar-refractivity contribution in [3.05, 3.63) is 35.6 Å². The SMILES string of the molecule is O=C(c1cccc(F)c1)C1CC2CC2C1. The number of fused-ring (bicyclic) bond motifs is 1. The summed E-state index contributed by atoms with van der Waals surface area (Å²) in [5, 5.41) is 0. The molecule has 3 rings (SSSR count). The van der Waals surface area contributed by atoms with Crippen LogP contribution in [0.25, 0.3) is 0 Å². The number of halogens is 1. The Labute approximate surface area is 88.3 Å². The molecule has 2 aliphatic carbocycles. The fourth-order valence-electron chi connectivity index (χ4n) is 2.81. The second-order valence-corrected chi connectivity index (χ2v) is 4.80. The molecule has 1 aromatic carbocycles. The van der Waals surface area contributed by atoms with Crippen LogP contribution in [0.2, 0.25) is 0 Å². The first-order valence-electron chi connectivity index (χ1n) is 5.54. The van der Waals surface area contributed by atoms with E-state index in [4.69, 9.17) is 0 Å². The topological polar surface area (TPSA) is 17.1 Å². The van der Waals surface area contributed by atoms with E-state index in [-0.39, 0.29) is 17.5 Å². The summed E-state index contributed by atoms with van der Waals surface area (Å²) in [7, 11) is 0. The quantitative estimate of drug-likeness (QED) is 0.677. The average molecular weight is 204 g/mol. The second kappa shape index (κ2) is 3.16. The van der Waals surface area contributed by atoms with Crippen LogP contribution in [-0.4, -0.2) is 5.78 Å². The second-order valence-electron chi connectivity index (χ2n) is 4.80. The molecule has 2 saturated carbocycles. The van der Waals surface area contributed by atoms with Gasteiger partial charge in [0.1, 0.15) is 5.82 Å². The van der Waals surface area contributed by atoms with E-state index in [0.717, 1.165) is 24.7 Å². The number of ketones is 1. The number of carbonyl (C=O) groups is 1. The molecular weight excluding hydrogens is 191 g/mol. The van der Waals surface area contributed by atoms with Gasteiger partial charge < -0.3 is 0 Å². The molecule has 0 amide bonds. The van der Waals surface area contributed by atoms with E-state index < -0.39 is 0 Å². The Morgan fingerprint density at radius 2 is 1.93 bits per heavy atom. The van der Waals surface area contributed by atoms with E-state index in [2.05, 4.69) is 0 Å². The summed E-state index contributed by atoms with van der Waals surface area (Å²) in [6.45, 7) is 0.